The van der Waals surface area contributed by atoms with Crippen LogP contribution in [0, 0.1) is 17.2 Å². The minimum Gasteiger partial charge on any atom is -0.384 e. The Balaban J connectivity index is 1.26. The largest absolute Gasteiger partial charge is 0.384 e. The van der Waals surface area contributed by atoms with Crippen molar-refractivity contribution in [1.82, 2.24) is 20.3 Å². The molecule has 0 heterocycles. The molecule has 0 spiro atoms. The second-order valence-electron chi connectivity index (χ2n) is 13.3. The average molecular weight is 711 g/mol. The molecule has 1 aliphatic carbocycles. The third-order valence-corrected chi connectivity index (χ3v) is 10.9. The number of nitrogens with zero attached hydrogens (tertiary/aromatic N) is 1. The van der Waals surface area contributed by atoms with Crippen molar-refractivity contribution in [3.63, 3.8) is 0 Å². The summed E-state index contributed by atoms with van der Waals surface area (Å²) in [6, 6.07) is 25.8. The molecule has 4 aromatic carbocycles. The van der Waals surface area contributed by atoms with E-state index in [-0.39, 0.29) is 48.0 Å². The van der Waals surface area contributed by atoms with Crippen LogP contribution in [-0.2, 0) is 43.9 Å². The lowest BCUT2D eigenvalue weighted by atomic mass is 9.83. The summed E-state index contributed by atoms with van der Waals surface area (Å²) < 4.78 is 29.2. The number of amides is 3. The maximum Gasteiger partial charge on any atom is 0.243 e. The summed E-state index contributed by atoms with van der Waals surface area (Å²) in [5.41, 5.74) is 8.35. The van der Waals surface area contributed by atoms with Crippen LogP contribution in [0.25, 0.3) is 10.8 Å². The van der Waals surface area contributed by atoms with E-state index in [2.05, 4.69) is 15.4 Å². The van der Waals surface area contributed by atoms with Crippen LogP contribution in [0.1, 0.15) is 54.4 Å². The zero-order valence-corrected chi connectivity index (χ0v) is 29.8. The highest BCUT2D eigenvalue weighted by Gasteiger charge is 2.35. The quantitative estimate of drug-likeness (QED) is 0.0744. The highest BCUT2D eigenvalue weighted by atomic mass is 32.2. The number of fused-ring (bicyclic) bond motifs is 1. The van der Waals surface area contributed by atoms with E-state index in [0.29, 0.717) is 10.9 Å². The maximum atomic E-state index is 13.8. The Morgan fingerprint density at radius 2 is 1.47 bits per heavy atom. The van der Waals surface area contributed by atoms with Crippen molar-refractivity contribution in [1.29, 1.82) is 5.41 Å². The molecule has 1 unspecified atom stereocenters. The Morgan fingerprint density at radius 3 is 2.16 bits per heavy atom. The number of hydrogen-bond acceptors (Lipinski definition) is 6. The topological polar surface area (TPSA) is 175 Å². The second kappa shape index (κ2) is 16.8. The lowest BCUT2D eigenvalue weighted by molar-refractivity contribution is -0.142. The smallest absolute Gasteiger partial charge is 0.243 e. The number of rotatable bonds is 14. The standard InChI is InChI=1S/C39H46N6O5S/c1-45(2)39(48)33(23-26-18-20-31(21-19-26)36(40)41)37(46)44-35(30-13-4-3-5-14-30)38(47)42-24-27-10-8-11-28(22-27)25-43-51(49,50)34-17-9-15-29-12-6-7-16-32(29)34/h6-12,15-22,30,33,35,43H,3-5,13-14,23-25H2,1-2H3,(H3,40,41)(H,42,47)(H,44,46)/t33?,35-/m0/s1. The zero-order valence-electron chi connectivity index (χ0n) is 29.0. The van der Waals surface area contributed by atoms with Gasteiger partial charge in [-0.05, 0) is 53.3 Å². The van der Waals surface area contributed by atoms with Crippen LogP contribution in [0.15, 0.2) is 95.9 Å². The van der Waals surface area contributed by atoms with E-state index < -0.39 is 27.9 Å². The van der Waals surface area contributed by atoms with Crippen molar-refractivity contribution in [2.75, 3.05) is 14.1 Å². The van der Waals surface area contributed by atoms with Gasteiger partial charge in [-0.15, -0.1) is 0 Å². The summed E-state index contributed by atoms with van der Waals surface area (Å²) >= 11 is 0. The fourth-order valence-electron chi connectivity index (χ4n) is 6.61. The molecule has 1 fully saturated rings. The molecule has 51 heavy (non-hydrogen) atoms. The van der Waals surface area contributed by atoms with Gasteiger partial charge in [-0.25, -0.2) is 13.1 Å². The number of carbonyl (C=O) groups is 3. The first-order valence-corrected chi connectivity index (χ1v) is 18.7. The van der Waals surface area contributed by atoms with Gasteiger partial charge in [-0.1, -0.05) is 104 Å². The Kier molecular flexibility index (Phi) is 12.2. The molecule has 11 nitrogen and oxygen atoms in total. The number of benzene rings is 4. The van der Waals surface area contributed by atoms with E-state index in [1.54, 1.807) is 56.6 Å². The fraction of sp³-hybridized carbons (Fsp3) is 0.333. The summed E-state index contributed by atoms with van der Waals surface area (Å²) in [4.78, 5) is 42.5. The van der Waals surface area contributed by atoms with Crippen molar-refractivity contribution in [2.45, 2.75) is 62.6 Å². The Morgan fingerprint density at radius 1 is 0.824 bits per heavy atom. The number of nitrogens with one attached hydrogen (secondary N) is 4. The Bertz CT molecular complexity index is 1990. The second-order valence-corrected chi connectivity index (χ2v) is 15.1. The molecule has 0 aromatic heterocycles. The van der Waals surface area contributed by atoms with Gasteiger partial charge in [0.25, 0.3) is 0 Å². The number of nitrogen functional groups attached to an aromatic ring is 1. The van der Waals surface area contributed by atoms with Gasteiger partial charge in [0.2, 0.25) is 27.7 Å². The summed E-state index contributed by atoms with van der Waals surface area (Å²) in [6.07, 6.45) is 4.64. The molecule has 2 atom stereocenters. The lowest BCUT2D eigenvalue weighted by Gasteiger charge is -2.31. The van der Waals surface area contributed by atoms with Crippen LogP contribution in [-0.4, -0.2) is 57.0 Å². The molecule has 0 aliphatic heterocycles. The van der Waals surface area contributed by atoms with Crippen molar-refractivity contribution in [2.24, 2.45) is 17.6 Å². The summed E-state index contributed by atoms with van der Waals surface area (Å²) in [5.74, 6) is -2.44. The minimum absolute atomic E-state index is 0.0624. The number of hydrogen-bond donors (Lipinski definition) is 5. The normalized spacial score (nSPS) is 14.7. The molecule has 5 rings (SSSR count). The first-order chi connectivity index (χ1) is 24.4. The Hall–Kier alpha value is -5.07. The SMILES string of the molecule is CN(C)C(=O)C(Cc1ccc(C(=N)N)cc1)C(=O)N[C@H](C(=O)NCc1cccc(CNS(=O)(=O)c2cccc3ccccc23)c1)C1CCCCC1. The molecular formula is C39H46N6O5S. The average Bonchev–Trinajstić information content (AvgIpc) is 3.14. The first kappa shape index (κ1) is 37.2. The molecular weight excluding hydrogens is 665 g/mol. The highest BCUT2D eigenvalue weighted by molar-refractivity contribution is 7.89. The van der Waals surface area contributed by atoms with Gasteiger partial charge in [0, 0.05) is 38.1 Å². The van der Waals surface area contributed by atoms with E-state index in [9.17, 15) is 22.8 Å². The minimum atomic E-state index is -3.80. The highest BCUT2D eigenvalue weighted by Crippen LogP contribution is 2.28. The van der Waals surface area contributed by atoms with Gasteiger partial charge < -0.3 is 21.3 Å². The van der Waals surface area contributed by atoms with E-state index in [0.717, 1.165) is 54.2 Å². The summed E-state index contributed by atoms with van der Waals surface area (Å²) in [5, 5.41) is 15.1. The predicted octanol–water partition coefficient (Wildman–Crippen LogP) is 4.23. The van der Waals surface area contributed by atoms with E-state index in [4.69, 9.17) is 11.1 Å². The van der Waals surface area contributed by atoms with Crippen molar-refractivity contribution < 1.29 is 22.8 Å². The first-order valence-electron chi connectivity index (χ1n) is 17.2. The van der Waals surface area contributed by atoms with E-state index in [1.165, 1.54) is 4.90 Å². The van der Waals surface area contributed by atoms with Crippen LogP contribution in [0.5, 0.6) is 0 Å². The van der Waals surface area contributed by atoms with Gasteiger partial charge >= 0.3 is 0 Å². The predicted molar refractivity (Wildman–Crippen MR) is 198 cm³/mol. The van der Waals surface area contributed by atoms with Crippen LogP contribution in [0.3, 0.4) is 0 Å². The zero-order chi connectivity index (χ0) is 36.5. The van der Waals surface area contributed by atoms with Crippen LogP contribution in [0.2, 0.25) is 0 Å². The van der Waals surface area contributed by atoms with Gasteiger partial charge in [0.1, 0.15) is 17.8 Å². The molecule has 4 aromatic rings. The lowest BCUT2D eigenvalue weighted by Crippen LogP contribution is -2.54. The maximum absolute atomic E-state index is 13.8. The van der Waals surface area contributed by atoms with Gasteiger partial charge in [-0.3, -0.25) is 19.8 Å². The molecule has 12 heteroatoms. The summed E-state index contributed by atoms with van der Waals surface area (Å²) in [6.45, 7) is 0.233. The van der Waals surface area contributed by atoms with Crippen LogP contribution in [0.4, 0.5) is 0 Å². The van der Waals surface area contributed by atoms with E-state index >= 15 is 0 Å². The molecule has 3 amide bonds. The molecule has 1 saturated carbocycles. The van der Waals surface area contributed by atoms with Gasteiger partial charge in [-0.2, -0.15) is 0 Å². The van der Waals surface area contributed by atoms with Crippen molar-refractivity contribution >= 4 is 44.4 Å². The van der Waals surface area contributed by atoms with Gasteiger partial charge in [0.05, 0.1) is 4.90 Å². The Labute approximate surface area is 299 Å². The number of sulfonamides is 1. The molecule has 1 aliphatic rings. The van der Waals surface area contributed by atoms with Crippen molar-refractivity contribution in [3.05, 3.63) is 113 Å². The van der Waals surface area contributed by atoms with Crippen LogP contribution >= 0.6 is 0 Å². The molecule has 6 N–H and O–H groups in total. The third kappa shape index (κ3) is 9.59. The molecule has 0 saturated heterocycles. The fourth-order valence-corrected chi connectivity index (χ4v) is 7.86. The van der Waals surface area contributed by atoms with Gasteiger partial charge in [0.15, 0.2) is 0 Å². The van der Waals surface area contributed by atoms with Crippen LogP contribution < -0.4 is 21.1 Å². The monoisotopic (exact) mass is 710 g/mol. The van der Waals surface area contributed by atoms with E-state index in [1.807, 2.05) is 48.5 Å². The molecule has 0 bridgehead atoms. The molecule has 268 valence electrons. The third-order valence-electron chi connectivity index (χ3n) is 9.43. The summed E-state index contributed by atoms with van der Waals surface area (Å²) in [7, 11) is -0.618. The molecule has 0 radical (unpaired) electrons. The number of amidine groups is 1. The number of carbonyl (C=O) groups excluding carboxylic acids is 3. The number of nitrogens with two attached hydrogens (primary N) is 1. The van der Waals surface area contributed by atoms with Crippen molar-refractivity contribution in [3.8, 4) is 0 Å².